The van der Waals surface area contributed by atoms with Gasteiger partial charge < -0.3 is 15.4 Å². The highest BCUT2D eigenvalue weighted by Gasteiger charge is 2.28. The van der Waals surface area contributed by atoms with Gasteiger partial charge in [0.05, 0.1) is 0 Å². The van der Waals surface area contributed by atoms with Crippen molar-refractivity contribution in [3.8, 4) is 0 Å². The number of ether oxygens (including phenoxy) is 1. The van der Waals surface area contributed by atoms with E-state index in [1.54, 1.807) is 0 Å². The first-order valence-electron chi connectivity index (χ1n) is 11.8. The fourth-order valence-corrected chi connectivity index (χ4v) is 4.29. The van der Waals surface area contributed by atoms with Crippen LogP contribution in [0.5, 0.6) is 0 Å². The largest absolute Gasteiger partial charge is 0.444 e. The Morgan fingerprint density at radius 3 is 2.09 bits per heavy atom. The maximum Gasteiger partial charge on any atom is 0.411 e. The summed E-state index contributed by atoms with van der Waals surface area (Å²) >= 11 is 0. The van der Waals surface area contributed by atoms with Crippen molar-refractivity contribution in [1.29, 1.82) is 0 Å². The molecule has 1 aliphatic rings. The maximum absolute atomic E-state index is 13.4. The summed E-state index contributed by atoms with van der Waals surface area (Å²) in [6, 6.07) is 26.9. The second-order valence-corrected chi connectivity index (χ2v) is 8.75. The molecule has 0 unspecified atom stereocenters. The molecule has 0 radical (unpaired) electrons. The van der Waals surface area contributed by atoms with Crippen molar-refractivity contribution in [2.45, 2.75) is 50.9 Å². The minimum Gasteiger partial charge on any atom is -0.444 e. The normalized spacial score (nSPS) is 17.6. The summed E-state index contributed by atoms with van der Waals surface area (Å²) in [7, 11) is 0. The number of nitrogens with zero attached hydrogens (tertiary/aromatic N) is 1. The third-order valence-electron chi connectivity index (χ3n) is 6.23. The molecule has 34 heavy (non-hydrogen) atoms. The molecule has 3 aromatic rings. The van der Waals surface area contributed by atoms with Crippen LogP contribution in [0.15, 0.2) is 84.9 Å². The third-order valence-corrected chi connectivity index (χ3v) is 6.23. The Labute approximate surface area is 200 Å². The number of rotatable bonds is 7. The van der Waals surface area contributed by atoms with Gasteiger partial charge in [-0.3, -0.25) is 10.1 Å². The number of hydrogen-bond acceptors (Lipinski definition) is 4. The van der Waals surface area contributed by atoms with E-state index in [4.69, 9.17) is 10.5 Å². The molecule has 176 valence electrons. The molecule has 3 N–H and O–H groups in total. The Hall–Kier alpha value is -3.64. The Kier molecular flexibility index (Phi) is 7.94. The van der Waals surface area contributed by atoms with Gasteiger partial charge in [-0.2, -0.15) is 0 Å². The van der Waals surface area contributed by atoms with E-state index in [2.05, 4.69) is 5.32 Å². The first-order chi connectivity index (χ1) is 16.6. The molecule has 4 rings (SSSR count). The molecule has 3 aromatic carbocycles. The number of nitrogens with two attached hydrogens (primary N) is 1. The molecule has 1 fully saturated rings. The minimum atomic E-state index is -0.504. The van der Waals surface area contributed by atoms with Gasteiger partial charge in [-0.05, 0) is 61.1 Å². The van der Waals surface area contributed by atoms with Crippen LogP contribution in [0.2, 0.25) is 0 Å². The van der Waals surface area contributed by atoms with Crippen LogP contribution < -0.4 is 11.1 Å². The minimum absolute atomic E-state index is 0.0350. The lowest BCUT2D eigenvalue weighted by Crippen LogP contribution is -2.43. The van der Waals surface area contributed by atoms with E-state index < -0.39 is 6.09 Å². The standard InChI is InChI=1S/C28H31N3O3/c29-24-13-17-26(18-14-24)31(27(32)23-9-5-2-6-10-23)19-21-11-15-25(16-12-21)30-28(33)34-20-22-7-3-1-4-8-22/h1-12,15-16,24,26H,13-14,17-20,29H2,(H,30,33). The quantitative estimate of drug-likeness (QED) is 0.501. The van der Waals surface area contributed by atoms with Gasteiger partial charge in [0.15, 0.2) is 0 Å². The third kappa shape index (κ3) is 6.45. The van der Waals surface area contributed by atoms with Crippen molar-refractivity contribution in [3.63, 3.8) is 0 Å². The highest BCUT2D eigenvalue weighted by molar-refractivity contribution is 5.94. The van der Waals surface area contributed by atoms with Crippen LogP contribution in [0.1, 0.15) is 47.2 Å². The number of anilines is 1. The molecule has 6 nitrogen and oxygen atoms in total. The van der Waals surface area contributed by atoms with Crippen LogP contribution in [0.25, 0.3) is 0 Å². The van der Waals surface area contributed by atoms with E-state index in [9.17, 15) is 9.59 Å². The molecule has 1 aliphatic carbocycles. The lowest BCUT2D eigenvalue weighted by atomic mass is 9.90. The van der Waals surface area contributed by atoms with Crippen molar-refractivity contribution in [2.75, 3.05) is 5.32 Å². The Bertz CT molecular complexity index is 1060. The predicted octanol–water partition coefficient (Wildman–Crippen LogP) is 5.35. The van der Waals surface area contributed by atoms with Gasteiger partial charge >= 0.3 is 6.09 Å². The molecule has 6 heteroatoms. The lowest BCUT2D eigenvalue weighted by Gasteiger charge is -2.36. The average molecular weight is 458 g/mol. The fourth-order valence-electron chi connectivity index (χ4n) is 4.29. The van der Waals surface area contributed by atoms with Gasteiger partial charge in [-0.25, -0.2) is 4.79 Å². The van der Waals surface area contributed by atoms with E-state index >= 15 is 0 Å². The number of benzene rings is 3. The van der Waals surface area contributed by atoms with Crippen LogP contribution in [0, 0.1) is 0 Å². The predicted molar refractivity (Wildman–Crippen MR) is 133 cm³/mol. The molecular formula is C28H31N3O3. The van der Waals surface area contributed by atoms with Crippen molar-refractivity contribution in [1.82, 2.24) is 4.90 Å². The second-order valence-electron chi connectivity index (χ2n) is 8.75. The van der Waals surface area contributed by atoms with Gasteiger partial charge in [0.25, 0.3) is 5.91 Å². The second kappa shape index (κ2) is 11.5. The fraction of sp³-hybridized carbons (Fsp3) is 0.286. The first kappa shape index (κ1) is 23.5. The number of nitrogens with one attached hydrogen (secondary N) is 1. The van der Waals surface area contributed by atoms with Gasteiger partial charge in [0.1, 0.15) is 6.61 Å². The van der Waals surface area contributed by atoms with Crippen LogP contribution in [0.3, 0.4) is 0 Å². The van der Waals surface area contributed by atoms with Gasteiger partial charge in [-0.1, -0.05) is 60.7 Å². The van der Waals surface area contributed by atoms with Crippen molar-refractivity contribution in [2.24, 2.45) is 5.73 Å². The van der Waals surface area contributed by atoms with E-state index in [-0.39, 0.29) is 24.6 Å². The SMILES string of the molecule is NC1CCC(N(Cc2ccc(NC(=O)OCc3ccccc3)cc2)C(=O)c2ccccc2)CC1. The Morgan fingerprint density at radius 1 is 0.824 bits per heavy atom. The van der Waals surface area contributed by atoms with Crippen LogP contribution >= 0.6 is 0 Å². The summed E-state index contributed by atoms with van der Waals surface area (Å²) in [6.07, 6.45) is 3.17. The van der Waals surface area contributed by atoms with E-state index in [1.165, 1.54) is 0 Å². The van der Waals surface area contributed by atoms with Crippen LogP contribution in [-0.4, -0.2) is 29.0 Å². The number of carbonyl (C=O) groups is 2. The number of amides is 2. The van der Waals surface area contributed by atoms with E-state index in [0.717, 1.165) is 36.8 Å². The first-order valence-corrected chi connectivity index (χ1v) is 11.8. The monoisotopic (exact) mass is 457 g/mol. The molecule has 0 heterocycles. The number of hydrogen-bond donors (Lipinski definition) is 2. The molecular weight excluding hydrogens is 426 g/mol. The summed E-state index contributed by atoms with van der Waals surface area (Å²) < 4.78 is 5.28. The Balaban J connectivity index is 1.39. The lowest BCUT2D eigenvalue weighted by molar-refractivity contribution is 0.0606. The zero-order chi connectivity index (χ0) is 23.8. The summed E-state index contributed by atoms with van der Waals surface area (Å²) in [6.45, 7) is 0.721. The summed E-state index contributed by atoms with van der Waals surface area (Å²) in [5.74, 6) is 0.0350. The molecule has 0 atom stereocenters. The summed E-state index contributed by atoms with van der Waals surface area (Å²) in [4.78, 5) is 27.5. The summed E-state index contributed by atoms with van der Waals surface area (Å²) in [5.41, 5.74) is 9.37. The van der Waals surface area contributed by atoms with Crippen molar-refractivity contribution in [3.05, 3.63) is 102 Å². The van der Waals surface area contributed by atoms with E-state index in [1.807, 2.05) is 89.8 Å². The van der Waals surface area contributed by atoms with Crippen molar-refractivity contribution < 1.29 is 14.3 Å². The molecule has 1 saturated carbocycles. The molecule has 0 aromatic heterocycles. The topological polar surface area (TPSA) is 84.7 Å². The van der Waals surface area contributed by atoms with Gasteiger partial charge in [0, 0.05) is 29.9 Å². The zero-order valence-corrected chi connectivity index (χ0v) is 19.2. The summed E-state index contributed by atoms with van der Waals surface area (Å²) in [5, 5.41) is 2.75. The van der Waals surface area contributed by atoms with Crippen LogP contribution in [0.4, 0.5) is 10.5 Å². The molecule has 0 spiro atoms. The van der Waals surface area contributed by atoms with Gasteiger partial charge in [0.2, 0.25) is 0 Å². The highest BCUT2D eigenvalue weighted by Crippen LogP contribution is 2.26. The molecule has 0 saturated heterocycles. The Morgan fingerprint density at radius 2 is 1.44 bits per heavy atom. The maximum atomic E-state index is 13.4. The zero-order valence-electron chi connectivity index (χ0n) is 19.2. The molecule has 2 amide bonds. The highest BCUT2D eigenvalue weighted by atomic mass is 16.5. The molecule has 0 aliphatic heterocycles. The smallest absolute Gasteiger partial charge is 0.411 e. The molecule has 0 bridgehead atoms. The average Bonchev–Trinajstić information content (AvgIpc) is 2.88. The van der Waals surface area contributed by atoms with E-state index in [0.29, 0.717) is 17.8 Å². The van der Waals surface area contributed by atoms with Gasteiger partial charge in [-0.15, -0.1) is 0 Å². The number of carbonyl (C=O) groups excluding carboxylic acids is 2. The van der Waals surface area contributed by atoms with Crippen LogP contribution in [-0.2, 0) is 17.9 Å². The van der Waals surface area contributed by atoms with Crippen molar-refractivity contribution >= 4 is 17.7 Å².